The van der Waals surface area contributed by atoms with Gasteiger partial charge in [0.15, 0.2) is 0 Å². The van der Waals surface area contributed by atoms with Crippen molar-refractivity contribution in [1.82, 2.24) is 0 Å². The average Bonchev–Trinajstić information content (AvgIpc) is 2.43. The first kappa shape index (κ1) is 11.5. The minimum absolute atomic E-state index is 0. The molecule has 2 rings (SSSR count). The summed E-state index contributed by atoms with van der Waals surface area (Å²) in [6.07, 6.45) is 0. The highest BCUT2D eigenvalue weighted by molar-refractivity contribution is 6.03. The fourth-order valence-electron chi connectivity index (χ4n) is 1.42. The summed E-state index contributed by atoms with van der Waals surface area (Å²) in [7, 11) is 0. The van der Waals surface area contributed by atoms with E-state index in [2.05, 4.69) is 5.32 Å². The van der Waals surface area contributed by atoms with Crippen molar-refractivity contribution in [2.75, 3.05) is 5.32 Å². The molecule has 1 aromatic rings. The Hall–Kier alpha value is -1.59. The van der Waals surface area contributed by atoms with Gasteiger partial charge < -0.3 is 16.2 Å². The molecule has 0 fully saturated rings. The van der Waals surface area contributed by atoms with Crippen LogP contribution in [0.4, 0.5) is 5.69 Å². The van der Waals surface area contributed by atoms with E-state index in [1.54, 1.807) is 6.07 Å². The molecule has 0 saturated heterocycles. The molecule has 0 saturated carbocycles. The third-order valence-electron chi connectivity index (χ3n) is 2.17. The minimum atomic E-state index is -1.03. The number of nitrogens with one attached hydrogen (secondary N) is 1. The van der Waals surface area contributed by atoms with Gasteiger partial charge in [0.1, 0.15) is 6.04 Å². The van der Waals surface area contributed by atoms with E-state index in [9.17, 15) is 9.59 Å². The maximum atomic E-state index is 11.1. The molecule has 0 aliphatic carbocycles. The van der Waals surface area contributed by atoms with E-state index in [1.807, 2.05) is 0 Å². The number of carboxylic acids is 1. The summed E-state index contributed by atoms with van der Waals surface area (Å²) < 4.78 is 0. The fourth-order valence-corrected chi connectivity index (χ4v) is 1.42. The number of rotatable bonds is 1. The number of carboxylic acid groups (broad SMARTS) is 1. The van der Waals surface area contributed by atoms with Crippen molar-refractivity contribution in [2.24, 2.45) is 5.73 Å². The molecule has 5 nitrogen and oxygen atoms in total. The summed E-state index contributed by atoms with van der Waals surface area (Å²) in [6, 6.07) is 3.63. The van der Waals surface area contributed by atoms with Crippen molar-refractivity contribution in [2.45, 2.75) is 6.04 Å². The topological polar surface area (TPSA) is 92.4 Å². The van der Waals surface area contributed by atoms with Gasteiger partial charge in [-0.15, -0.1) is 12.4 Å². The predicted molar refractivity (Wildman–Crippen MR) is 56.2 cm³/mol. The van der Waals surface area contributed by atoms with Crippen LogP contribution < -0.4 is 11.1 Å². The van der Waals surface area contributed by atoms with Crippen LogP contribution in [0.2, 0.25) is 0 Å². The largest absolute Gasteiger partial charge is 0.478 e. The molecule has 1 amide bonds. The van der Waals surface area contributed by atoms with E-state index in [0.717, 1.165) is 0 Å². The lowest BCUT2D eigenvalue weighted by Crippen LogP contribution is -2.19. The lowest BCUT2D eigenvalue weighted by atomic mass is 10.1. The van der Waals surface area contributed by atoms with Gasteiger partial charge in [0.2, 0.25) is 5.91 Å². The third kappa shape index (κ3) is 1.79. The number of hydrogen-bond donors (Lipinski definition) is 3. The first-order valence-electron chi connectivity index (χ1n) is 4.03. The maximum Gasteiger partial charge on any atom is 0.335 e. The SMILES string of the molecule is Cl.NC1C(=O)Nc2ccc(C(=O)O)cc21. The van der Waals surface area contributed by atoms with Gasteiger partial charge in [-0.05, 0) is 18.2 Å². The van der Waals surface area contributed by atoms with Crippen LogP contribution in [0, 0.1) is 0 Å². The molecule has 15 heavy (non-hydrogen) atoms. The molecule has 4 N–H and O–H groups in total. The molecule has 1 atom stereocenters. The van der Waals surface area contributed by atoms with Crippen molar-refractivity contribution < 1.29 is 14.7 Å². The monoisotopic (exact) mass is 228 g/mol. The Labute approximate surface area is 91.7 Å². The second kappa shape index (κ2) is 3.88. The van der Waals surface area contributed by atoms with E-state index in [1.165, 1.54) is 12.1 Å². The van der Waals surface area contributed by atoms with Gasteiger partial charge in [-0.3, -0.25) is 4.79 Å². The highest BCUT2D eigenvalue weighted by atomic mass is 35.5. The number of benzene rings is 1. The number of amides is 1. The van der Waals surface area contributed by atoms with Crippen molar-refractivity contribution in [1.29, 1.82) is 0 Å². The molecule has 0 aromatic heterocycles. The zero-order chi connectivity index (χ0) is 10.3. The summed E-state index contributed by atoms with van der Waals surface area (Å²) in [5.74, 6) is -1.33. The summed E-state index contributed by atoms with van der Waals surface area (Å²) in [5, 5.41) is 11.3. The van der Waals surface area contributed by atoms with Crippen LogP contribution in [-0.4, -0.2) is 17.0 Å². The van der Waals surface area contributed by atoms with Crippen LogP contribution in [0.5, 0.6) is 0 Å². The minimum Gasteiger partial charge on any atom is -0.478 e. The van der Waals surface area contributed by atoms with Crippen LogP contribution in [-0.2, 0) is 4.79 Å². The van der Waals surface area contributed by atoms with Gasteiger partial charge in [-0.2, -0.15) is 0 Å². The molecule has 1 heterocycles. The number of aromatic carboxylic acids is 1. The van der Waals surface area contributed by atoms with E-state index in [4.69, 9.17) is 10.8 Å². The molecule has 1 aliphatic heterocycles. The normalized spacial score (nSPS) is 17.7. The maximum absolute atomic E-state index is 11.1. The van der Waals surface area contributed by atoms with Crippen LogP contribution in [0.15, 0.2) is 18.2 Å². The zero-order valence-corrected chi connectivity index (χ0v) is 8.38. The van der Waals surface area contributed by atoms with Gasteiger partial charge in [-0.1, -0.05) is 0 Å². The third-order valence-corrected chi connectivity index (χ3v) is 2.17. The lowest BCUT2D eigenvalue weighted by molar-refractivity contribution is -0.116. The molecule has 1 aliphatic rings. The number of nitrogens with two attached hydrogens (primary N) is 1. The van der Waals surface area contributed by atoms with E-state index in [0.29, 0.717) is 11.3 Å². The fraction of sp³-hybridized carbons (Fsp3) is 0.111. The highest BCUT2D eigenvalue weighted by Crippen LogP contribution is 2.29. The summed E-state index contributed by atoms with van der Waals surface area (Å²) in [5.41, 5.74) is 6.82. The molecule has 0 bridgehead atoms. The Morgan fingerprint density at radius 2 is 2.13 bits per heavy atom. The smallest absolute Gasteiger partial charge is 0.335 e. The van der Waals surface area contributed by atoms with E-state index >= 15 is 0 Å². The Balaban J connectivity index is 0.00000112. The van der Waals surface area contributed by atoms with Crippen LogP contribution in [0.1, 0.15) is 22.0 Å². The average molecular weight is 229 g/mol. The number of carbonyl (C=O) groups excluding carboxylic acids is 1. The van der Waals surface area contributed by atoms with Crippen molar-refractivity contribution in [3.8, 4) is 0 Å². The second-order valence-electron chi connectivity index (χ2n) is 3.07. The number of carbonyl (C=O) groups is 2. The van der Waals surface area contributed by atoms with Crippen LogP contribution >= 0.6 is 12.4 Å². The quantitative estimate of drug-likeness (QED) is 0.662. The Kier molecular flexibility index (Phi) is 2.97. The highest BCUT2D eigenvalue weighted by Gasteiger charge is 2.27. The summed E-state index contributed by atoms with van der Waals surface area (Å²) in [4.78, 5) is 21.8. The molecule has 0 spiro atoms. The summed E-state index contributed by atoms with van der Waals surface area (Å²) in [6.45, 7) is 0. The summed E-state index contributed by atoms with van der Waals surface area (Å²) >= 11 is 0. The molecule has 80 valence electrons. The first-order chi connectivity index (χ1) is 6.59. The van der Waals surface area contributed by atoms with Gasteiger partial charge in [-0.25, -0.2) is 4.79 Å². The van der Waals surface area contributed by atoms with E-state index < -0.39 is 12.0 Å². The van der Waals surface area contributed by atoms with E-state index in [-0.39, 0.29) is 23.9 Å². The molecule has 6 heteroatoms. The van der Waals surface area contributed by atoms with Crippen molar-refractivity contribution >= 4 is 30.0 Å². The van der Waals surface area contributed by atoms with Crippen molar-refractivity contribution in [3.05, 3.63) is 29.3 Å². The van der Waals surface area contributed by atoms with Crippen molar-refractivity contribution in [3.63, 3.8) is 0 Å². The zero-order valence-electron chi connectivity index (χ0n) is 7.56. The standard InChI is InChI=1S/C9H8N2O3.ClH/c10-7-5-3-4(9(13)14)1-2-6(5)11-8(7)12;/h1-3,7H,10H2,(H,11,12)(H,13,14);1H. The first-order valence-corrected chi connectivity index (χ1v) is 4.03. The van der Waals surface area contributed by atoms with Crippen LogP contribution in [0.3, 0.4) is 0 Å². The number of hydrogen-bond acceptors (Lipinski definition) is 3. The number of fused-ring (bicyclic) bond motifs is 1. The number of anilines is 1. The van der Waals surface area contributed by atoms with Gasteiger partial charge in [0, 0.05) is 11.3 Å². The Morgan fingerprint density at radius 3 is 2.73 bits per heavy atom. The van der Waals surface area contributed by atoms with Gasteiger partial charge >= 0.3 is 5.97 Å². The Morgan fingerprint density at radius 1 is 1.47 bits per heavy atom. The molecule has 1 unspecified atom stereocenters. The molecule has 1 aromatic carbocycles. The second-order valence-corrected chi connectivity index (χ2v) is 3.07. The molecular formula is C9H9ClN2O3. The van der Waals surface area contributed by atoms with Crippen LogP contribution in [0.25, 0.3) is 0 Å². The molecule has 0 radical (unpaired) electrons. The van der Waals surface area contributed by atoms with Gasteiger partial charge in [0.05, 0.1) is 5.56 Å². The molecular weight excluding hydrogens is 220 g/mol. The Bertz CT molecular complexity index is 433. The predicted octanol–water partition coefficient (Wildman–Crippen LogP) is 0.759. The lowest BCUT2D eigenvalue weighted by Gasteiger charge is -2.01. The van der Waals surface area contributed by atoms with Gasteiger partial charge in [0.25, 0.3) is 0 Å². The number of halogens is 1.